The SMILES string of the molecule is CC(C)c1nc2cc(CN[C@@H]3CCC[C@H]3O)cc(C(F)F)c2o1. The lowest BCUT2D eigenvalue weighted by atomic mass is 10.1. The van der Waals surface area contributed by atoms with Gasteiger partial charge in [0.05, 0.1) is 11.7 Å². The van der Waals surface area contributed by atoms with Gasteiger partial charge in [-0.2, -0.15) is 0 Å². The fourth-order valence-electron chi connectivity index (χ4n) is 3.07. The van der Waals surface area contributed by atoms with Gasteiger partial charge in [0.25, 0.3) is 6.43 Å². The molecule has 6 heteroatoms. The number of hydrogen-bond acceptors (Lipinski definition) is 4. The monoisotopic (exact) mass is 324 g/mol. The van der Waals surface area contributed by atoms with Crippen LogP contribution in [0.2, 0.25) is 0 Å². The van der Waals surface area contributed by atoms with Gasteiger partial charge in [0.15, 0.2) is 11.5 Å². The number of oxazole rings is 1. The first-order valence-electron chi connectivity index (χ1n) is 8.08. The Labute approximate surface area is 133 Å². The Kier molecular flexibility index (Phi) is 4.64. The van der Waals surface area contributed by atoms with Crippen molar-refractivity contribution in [3.63, 3.8) is 0 Å². The number of aliphatic hydroxyl groups is 1. The first-order chi connectivity index (χ1) is 11.0. The van der Waals surface area contributed by atoms with E-state index in [1.165, 1.54) is 6.07 Å². The third-order valence-corrected chi connectivity index (χ3v) is 4.37. The summed E-state index contributed by atoms with van der Waals surface area (Å²) < 4.78 is 32.2. The molecule has 0 spiro atoms. The van der Waals surface area contributed by atoms with Crippen molar-refractivity contribution in [1.82, 2.24) is 10.3 Å². The molecule has 4 nitrogen and oxygen atoms in total. The molecule has 2 N–H and O–H groups in total. The van der Waals surface area contributed by atoms with E-state index in [4.69, 9.17) is 4.42 Å². The molecule has 1 aliphatic rings. The molecule has 23 heavy (non-hydrogen) atoms. The van der Waals surface area contributed by atoms with Crippen LogP contribution < -0.4 is 5.32 Å². The van der Waals surface area contributed by atoms with Gasteiger partial charge < -0.3 is 14.8 Å². The number of nitrogens with zero attached hydrogens (tertiary/aromatic N) is 1. The van der Waals surface area contributed by atoms with E-state index in [-0.39, 0.29) is 29.2 Å². The van der Waals surface area contributed by atoms with E-state index in [0.29, 0.717) is 18.0 Å². The molecule has 0 radical (unpaired) electrons. The first-order valence-corrected chi connectivity index (χ1v) is 8.08. The topological polar surface area (TPSA) is 58.3 Å². The summed E-state index contributed by atoms with van der Waals surface area (Å²) in [5, 5.41) is 13.1. The molecule has 0 amide bonds. The molecule has 1 aliphatic carbocycles. The molecule has 3 rings (SSSR count). The second-order valence-electron chi connectivity index (χ2n) is 6.53. The number of nitrogens with one attached hydrogen (secondary N) is 1. The molecule has 0 aliphatic heterocycles. The van der Waals surface area contributed by atoms with Crippen LogP contribution in [-0.4, -0.2) is 22.2 Å². The molecule has 1 saturated carbocycles. The van der Waals surface area contributed by atoms with E-state index < -0.39 is 6.43 Å². The predicted octanol–water partition coefficient (Wildman–Crippen LogP) is 3.89. The summed E-state index contributed by atoms with van der Waals surface area (Å²) in [5.41, 5.74) is 1.25. The van der Waals surface area contributed by atoms with E-state index >= 15 is 0 Å². The van der Waals surface area contributed by atoms with Crippen LogP contribution in [0, 0.1) is 0 Å². The van der Waals surface area contributed by atoms with Crippen LogP contribution in [0.3, 0.4) is 0 Å². The molecule has 1 aromatic carbocycles. The fraction of sp³-hybridized carbons (Fsp3) is 0.588. The highest BCUT2D eigenvalue weighted by molar-refractivity contribution is 5.78. The van der Waals surface area contributed by atoms with E-state index in [9.17, 15) is 13.9 Å². The number of halogens is 2. The lowest BCUT2D eigenvalue weighted by molar-refractivity contribution is 0.148. The van der Waals surface area contributed by atoms with Gasteiger partial charge in [0, 0.05) is 18.5 Å². The molecule has 2 atom stereocenters. The fourth-order valence-corrected chi connectivity index (χ4v) is 3.07. The molecule has 1 aromatic heterocycles. The van der Waals surface area contributed by atoms with Crippen LogP contribution in [0.5, 0.6) is 0 Å². The zero-order chi connectivity index (χ0) is 16.6. The summed E-state index contributed by atoms with van der Waals surface area (Å²) >= 11 is 0. The third kappa shape index (κ3) is 3.38. The standard InChI is InChI=1S/C17H22F2N2O2/c1-9(2)17-21-13-7-10(6-11(16(18)19)15(13)23-17)8-20-12-4-3-5-14(12)22/h6-7,9,12,14,16,20,22H,3-5,8H2,1-2H3/t12-,14-/m1/s1. The Hall–Kier alpha value is -1.53. The molecular formula is C17H22F2N2O2. The molecule has 2 aromatic rings. The van der Waals surface area contributed by atoms with Crippen molar-refractivity contribution >= 4 is 11.1 Å². The van der Waals surface area contributed by atoms with Crippen molar-refractivity contribution in [2.75, 3.05) is 0 Å². The minimum atomic E-state index is -2.61. The van der Waals surface area contributed by atoms with Crippen molar-refractivity contribution in [3.8, 4) is 0 Å². The van der Waals surface area contributed by atoms with Crippen molar-refractivity contribution in [3.05, 3.63) is 29.2 Å². The molecule has 1 fully saturated rings. The Bertz CT molecular complexity index is 685. The van der Waals surface area contributed by atoms with Gasteiger partial charge in [-0.1, -0.05) is 13.8 Å². The number of hydrogen-bond donors (Lipinski definition) is 2. The highest BCUT2D eigenvalue weighted by Gasteiger charge is 2.25. The Morgan fingerprint density at radius 1 is 1.35 bits per heavy atom. The summed E-state index contributed by atoms with van der Waals surface area (Å²) in [6, 6.07) is 3.28. The van der Waals surface area contributed by atoms with Gasteiger partial charge in [-0.15, -0.1) is 0 Å². The molecule has 0 unspecified atom stereocenters. The van der Waals surface area contributed by atoms with Gasteiger partial charge in [-0.05, 0) is 37.0 Å². The number of rotatable bonds is 5. The van der Waals surface area contributed by atoms with Crippen LogP contribution in [0.4, 0.5) is 8.78 Å². The highest BCUT2D eigenvalue weighted by Crippen LogP contribution is 2.32. The lowest BCUT2D eigenvalue weighted by Crippen LogP contribution is -2.35. The summed E-state index contributed by atoms with van der Waals surface area (Å²) in [6.45, 7) is 4.26. The van der Waals surface area contributed by atoms with Crippen LogP contribution in [0.1, 0.15) is 62.5 Å². The van der Waals surface area contributed by atoms with E-state index in [2.05, 4.69) is 10.3 Å². The quantitative estimate of drug-likeness (QED) is 0.876. The summed E-state index contributed by atoms with van der Waals surface area (Å²) in [7, 11) is 0. The van der Waals surface area contributed by atoms with Crippen LogP contribution >= 0.6 is 0 Å². The molecule has 126 valence electrons. The zero-order valence-electron chi connectivity index (χ0n) is 13.4. The number of aromatic nitrogens is 1. The first kappa shape index (κ1) is 16.3. The van der Waals surface area contributed by atoms with Crippen LogP contribution in [0.25, 0.3) is 11.1 Å². The second-order valence-corrected chi connectivity index (χ2v) is 6.53. The maximum absolute atomic E-state index is 13.3. The lowest BCUT2D eigenvalue weighted by Gasteiger charge is -2.16. The van der Waals surface area contributed by atoms with Crippen LogP contribution in [-0.2, 0) is 6.54 Å². The second kappa shape index (κ2) is 6.53. The average molecular weight is 324 g/mol. The maximum Gasteiger partial charge on any atom is 0.267 e. The van der Waals surface area contributed by atoms with E-state index in [0.717, 1.165) is 24.8 Å². The van der Waals surface area contributed by atoms with Crippen molar-refractivity contribution < 1.29 is 18.3 Å². The summed E-state index contributed by atoms with van der Waals surface area (Å²) in [5.74, 6) is 0.515. The number of alkyl halides is 2. The predicted molar refractivity (Wildman–Crippen MR) is 83.5 cm³/mol. The third-order valence-electron chi connectivity index (χ3n) is 4.37. The Balaban J connectivity index is 1.88. The molecule has 0 saturated heterocycles. The smallest absolute Gasteiger partial charge is 0.267 e. The largest absolute Gasteiger partial charge is 0.440 e. The van der Waals surface area contributed by atoms with Gasteiger partial charge in [0.2, 0.25) is 0 Å². The zero-order valence-corrected chi connectivity index (χ0v) is 13.4. The Morgan fingerprint density at radius 3 is 2.74 bits per heavy atom. The minimum Gasteiger partial charge on any atom is -0.440 e. The van der Waals surface area contributed by atoms with Gasteiger partial charge in [0.1, 0.15) is 5.52 Å². The number of aliphatic hydroxyl groups excluding tert-OH is 1. The Morgan fingerprint density at radius 2 is 2.13 bits per heavy atom. The normalized spacial score (nSPS) is 21.9. The molecular weight excluding hydrogens is 302 g/mol. The van der Waals surface area contributed by atoms with Crippen molar-refractivity contribution in [2.45, 2.75) is 64.1 Å². The van der Waals surface area contributed by atoms with Crippen molar-refractivity contribution in [2.24, 2.45) is 0 Å². The molecule has 1 heterocycles. The highest BCUT2D eigenvalue weighted by atomic mass is 19.3. The number of benzene rings is 1. The van der Waals surface area contributed by atoms with Crippen LogP contribution in [0.15, 0.2) is 16.5 Å². The summed E-state index contributed by atoms with van der Waals surface area (Å²) in [4.78, 5) is 4.33. The molecule has 0 bridgehead atoms. The van der Waals surface area contributed by atoms with E-state index in [1.54, 1.807) is 6.07 Å². The van der Waals surface area contributed by atoms with Gasteiger partial charge in [-0.25, -0.2) is 13.8 Å². The number of fused-ring (bicyclic) bond motifs is 1. The summed E-state index contributed by atoms with van der Waals surface area (Å²) in [6.07, 6.45) is -0.274. The van der Waals surface area contributed by atoms with E-state index in [1.807, 2.05) is 13.8 Å². The van der Waals surface area contributed by atoms with Gasteiger partial charge in [-0.3, -0.25) is 0 Å². The van der Waals surface area contributed by atoms with Gasteiger partial charge >= 0.3 is 0 Å². The maximum atomic E-state index is 13.3. The van der Waals surface area contributed by atoms with Crippen molar-refractivity contribution in [1.29, 1.82) is 0 Å². The minimum absolute atomic E-state index is 0.0317. The average Bonchev–Trinajstić information content (AvgIpc) is 3.10.